The summed E-state index contributed by atoms with van der Waals surface area (Å²) in [4.78, 5) is 13.6. The van der Waals surface area contributed by atoms with Crippen molar-refractivity contribution in [3.05, 3.63) is 34.3 Å². The van der Waals surface area contributed by atoms with Gasteiger partial charge in [0.05, 0.1) is 26.2 Å². The zero-order valence-corrected chi connectivity index (χ0v) is 13.8. The van der Waals surface area contributed by atoms with E-state index in [1.54, 1.807) is 12.1 Å². The second kappa shape index (κ2) is 7.23. The third kappa shape index (κ3) is 4.32. The lowest BCUT2D eigenvalue weighted by Gasteiger charge is -2.31. The predicted molar refractivity (Wildman–Crippen MR) is 83.0 cm³/mol. The standard InChI is InChI=1S/C16H22BrNO2/c1-18(2)11-13-5-3-4-6-15(13)20-16(19)12-7-9-14(17)10-8-12/h7-10,13,15H,3-6,11H2,1-2H3/p+1/t13-,15+/m0/s1. The van der Waals surface area contributed by atoms with Gasteiger partial charge < -0.3 is 9.64 Å². The smallest absolute Gasteiger partial charge is 0.338 e. The summed E-state index contributed by atoms with van der Waals surface area (Å²) in [6.07, 6.45) is 4.67. The van der Waals surface area contributed by atoms with Crippen molar-refractivity contribution in [2.75, 3.05) is 20.6 Å². The van der Waals surface area contributed by atoms with Crippen LogP contribution in [0.25, 0.3) is 0 Å². The van der Waals surface area contributed by atoms with E-state index in [2.05, 4.69) is 30.0 Å². The quantitative estimate of drug-likeness (QED) is 0.852. The molecule has 110 valence electrons. The third-order valence-corrected chi connectivity index (χ3v) is 4.38. The Hall–Kier alpha value is -0.870. The number of quaternary nitrogens is 1. The number of halogens is 1. The van der Waals surface area contributed by atoms with Crippen LogP contribution in [0.2, 0.25) is 0 Å². The van der Waals surface area contributed by atoms with Gasteiger partial charge in [0.15, 0.2) is 0 Å². The molecule has 1 aromatic carbocycles. The number of nitrogens with one attached hydrogen (secondary N) is 1. The Morgan fingerprint density at radius 2 is 1.90 bits per heavy atom. The SMILES string of the molecule is C[NH+](C)C[C@@H]1CCCC[C@H]1OC(=O)c1ccc(Br)cc1. The molecular weight excluding hydrogens is 318 g/mol. The molecule has 20 heavy (non-hydrogen) atoms. The molecule has 2 atom stereocenters. The second-order valence-corrected chi connectivity index (χ2v) is 6.82. The van der Waals surface area contributed by atoms with E-state index in [4.69, 9.17) is 4.74 Å². The normalized spacial score (nSPS) is 22.8. The van der Waals surface area contributed by atoms with Crippen LogP contribution in [0.5, 0.6) is 0 Å². The molecule has 1 fully saturated rings. The van der Waals surface area contributed by atoms with Crippen molar-refractivity contribution >= 4 is 21.9 Å². The van der Waals surface area contributed by atoms with E-state index in [9.17, 15) is 4.79 Å². The Morgan fingerprint density at radius 3 is 2.55 bits per heavy atom. The highest BCUT2D eigenvalue weighted by atomic mass is 79.9. The zero-order valence-electron chi connectivity index (χ0n) is 12.2. The molecule has 1 saturated carbocycles. The minimum absolute atomic E-state index is 0.0785. The van der Waals surface area contributed by atoms with E-state index in [1.807, 2.05) is 12.1 Å². The molecule has 0 saturated heterocycles. The predicted octanol–water partition coefficient (Wildman–Crippen LogP) is 2.31. The first kappa shape index (κ1) is 15.5. The molecule has 1 aliphatic carbocycles. The zero-order chi connectivity index (χ0) is 14.5. The van der Waals surface area contributed by atoms with Crippen LogP contribution in [0.15, 0.2) is 28.7 Å². The fourth-order valence-corrected chi connectivity index (χ4v) is 3.14. The average molecular weight is 341 g/mol. The van der Waals surface area contributed by atoms with E-state index in [0.29, 0.717) is 11.5 Å². The summed E-state index contributed by atoms with van der Waals surface area (Å²) in [6, 6.07) is 7.36. The van der Waals surface area contributed by atoms with Gasteiger partial charge in [-0.25, -0.2) is 4.79 Å². The minimum Gasteiger partial charge on any atom is -0.458 e. The van der Waals surface area contributed by atoms with Crippen molar-refractivity contribution in [3.63, 3.8) is 0 Å². The first-order chi connectivity index (χ1) is 9.56. The van der Waals surface area contributed by atoms with Crippen molar-refractivity contribution in [2.45, 2.75) is 31.8 Å². The van der Waals surface area contributed by atoms with E-state index in [-0.39, 0.29) is 12.1 Å². The summed E-state index contributed by atoms with van der Waals surface area (Å²) in [5.74, 6) is 0.302. The molecule has 1 aromatic rings. The first-order valence-electron chi connectivity index (χ1n) is 7.32. The molecule has 0 aliphatic heterocycles. The third-order valence-electron chi connectivity index (χ3n) is 3.85. The average Bonchev–Trinajstić information content (AvgIpc) is 2.41. The van der Waals surface area contributed by atoms with Crippen molar-refractivity contribution in [3.8, 4) is 0 Å². The lowest BCUT2D eigenvalue weighted by Crippen LogP contribution is -3.06. The van der Waals surface area contributed by atoms with Crippen molar-refractivity contribution in [1.29, 1.82) is 0 Å². The maximum atomic E-state index is 12.2. The summed E-state index contributed by atoms with van der Waals surface area (Å²) in [5, 5.41) is 0. The van der Waals surface area contributed by atoms with Crippen LogP contribution in [-0.2, 0) is 4.74 Å². The fraction of sp³-hybridized carbons (Fsp3) is 0.562. The van der Waals surface area contributed by atoms with E-state index < -0.39 is 0 Å². The van der Waals surface area contributed by atoms with Crippen molar-refractivity contribution in [2.24, 2.45) is 5.92 Å². The molecule has 3 nitrogen and oxygen atoms in total. The van der Waals surface area contributed by atoms with Gasteiger partial charge in [0.2, 0.25) is 0 Å². The Kier molecular flexibility index (Phi) is 5.61. The summed E-state index contributed by atoms with van der Waals surface area (Å²) >= 11 is 3.37. The van der Waals surface area contributed by atoms with Gasteiger partial charge in [-0.05, 0) is 43.5 Å². The molecular formula is C16H23BrNO2+. The number of esters is 1. The topological polar surface area (TPSA) is 30.7 Å². The second-order valence-electron chi connectivity index (χ2n) is 5.91. The van der Waals surface area contributed by atoms with Gasteiger partial charge in [-0.15, -0.1) is 0 Å². The molecule has 0 amide bonds. The summed E-state index contributed by atoms with van der Waals surface area (Å²) in [7, 11) is 4.31. The molecule has 0 aromatic heterocycles. The Morgan fingerprint density at radius 1 is 1.25 bits per heavy atom. The van der Waals surface area contributed by atoms with Crippen LogP contribution < -0.4 is 4.90 Å². The molecule has 0 radical (unpaired) electrons. The molecule has 0 bridgehead atoms. The van der Waals surface area contributed by atoms with Crippen LogP contribution in [-0.4, -0.2) is 32.7 Å². The molecule has 1 aliphatic rings. The highest BCUT2D eigenvalue weighted by Gasteiger charge is 2.30. The van der Waals surface area contributed by atoms with Gasteiger partial charge >= 0.3 is 5.97 Å². The summed E-state index contributed by atoms with van der Waals surface area (Å²) in [6.45, 7) is 1.07. The number of ether oxygens (including phenoxy) is 1. The first-order valence-corrected chi connectivity index (χ1v) is 8.11. The largest absolute Gasteiger partial charge is 0.458 e. The monoisotopic (exact) mass is 340 g/mol. The summed E-state index contributed by atoms with van der Waals surface area (Å²) < 4.78 is 6.74. The fourth-order valence-electron chi connectivity index (χ4n) is 2.88. The lowest BCUT2D eigenvalue weighted by molar-refractivity contribution is -0.862. The number of rotatable bonds is 4. The highest BCUT2D eigenvalue weighted by molar-refractivity contribution is 9.10. The molecule has 1 N–H and O–H groups in total. The molecule has 0 spiro atoms. The Labute approximate surface area is 129 Å². The summed E-state index contributed by atoms with van der Waals surface area (Å²) in [5.41, 5.74) is 0.634. The lowest BCUT2D eigenvalue weighted by atomic mass is 9.86. The number of hydrogen-bond donors (Lipinski definition) is 1. The van der Waals surface area contributed by atoms with Crippen molar-refractivity contribution in [1.82, 2.24) is 0 Å². The van der Waals surface area contributed by atoms with Gasteiger partial charge in [0.25, 0.3) is 0 Å². The maximum absolute atomic E-state index is 12.2. The Balaban J connectivity index is 1.99. The van der Waals surface area contributed by atoms with Crippen LogP contribution in [0, 0.1) is 5.92 Å². The number of carbonyl (C=O) groups excluding carboxylic acids is 1. The van der Waals surface area contributed by atoms with Crippen LogP contribution in [0.3, 0.4) is 0 Å². The van der Waals surface area contributed by atoms with Gasteiger partial charge in [-0.2, -0.15) is 0 Å². The van der Waals surface area contributed by atoms with Gasteiger partial charge in [0.1, 0.15) is 6.10 Å². The minimum atomic E-state index is -0.192. The van der Waals surface area contributed by atoms with E-state index in [1.165, 1.54) is 17.7 Å². The molecule has 0 heterocycles. The van der Waals surface area contributed by atoms with Crippen molar-refractivity contribution < 1.29 is 14.4 Å². The molecule has 2 rings (SSSR count). The van der Waals surface area contributed by atoms with E-state index in [0.717, 1.165) is 23.9 Å². The van der Waals surface area contributed by atoms with Crippen LogP contribution >= 0.6 is 15.9 Å². The number of benzene rings is 1. The molecule has 0 unspecified atom stereocenters. The Bertz CT molecular complexity index is 444. The highest BCUT2D eigenvalue weighted by Crippen LogP contribution is 2.27. The number of hydrogen-bond acceptors (Lipinski definition) is 2. The number of carbonyl (C=O) groups is 1. The molecule has 4 heteroatoms. The van der Waals surface area contributed by atoms with Gasteiger partial charge in [-0.1, -0.05) is 22.4 Å². The maximum Gasteiger partial charge on any atom is 0.338 e. The van der Waals surface area contributed by atoms with Gasteiger partial charge in [-0.3, -0.25) is 0 Å². The van der Waals surface area contributed by atoms with Crippen LogP contribution in [0.4, 0.5) is 0 Å². The van der Waals surface area contributed by atoms with E-state index >= 15 is 0 Å². The van der Waals surface area contributed by atoms with Gasteiger partial charge in [0, 0.05) is 10.4 Å². The van der Waals surface area contributed by atoms with Crippen LogP contribution in [0.1, 0.15) is 36.0 Å².